The number of non-ortho nitro benzene ring substituents is 1. The number of benzene rings is 1. The molecule has 3 rings (SSSR count). The van der Waals surface area contributed by atoms with Gasteiger partial charge in [-0.05, 0) is 31.0 Å². The lowest BCUT2D eigenvalue weighted by Crippen LogP contribution is -2.43. The van der Waals surface area contributed by atoms with E-state index < -0.39 is 4.92 Å². The zero-order valence-electron chi connectivity index (χ0n) is 11.0. The molecule has 0 aliphatic carbocycles. The number of hydrogen-bond donors (Lipinski definition) is 1. The lowest BCUT2D eigenvalue weighted by atomic mass is 10.1. The van der Waals surface area contributed by atoms with Gasteiger partial charge in [0.1, 0.15) is 5.82 Å². The van der Waals surface area contributed by atoms with Crippen molar-refractivity contribution in [2.45, 2.75) is 18.9 Å². The maximum absolute atomic E-state index is 10.8. The van der Waals surface area contributed by atoms with Crippen molar-refractivity contribution in [1.82, 2.24) is 4.98 Å². The second kappa shape index (κ2) is 5.05. The van der Waals surface area contributed by atoms with E-state index in [1.165, 1.54) is 6.07 Å². The third-order valence-electron chi connectivity index (χ3n) is 3.65. The first kappa shape index (κ1) is 12.8. The van der Waals surface area contributed by atoms with Crippen molar-refractivity contribution in [2.75, 3.05) is 18.0 Å². The van der Waals surface area contributed by atoms with Gasteiger partial charge in [0, 0.05) is 36.7 Å². The van der Waals surface area contributed by atoms with Gasteiger partial charge in [-0.3, -0.25) is 10.1 Å². The SMILES string of the molecule is NC1CCCN(c2ccc3cc([N+](=O)[O-])ccc3n2)C1. The minimum Gasteiger partial charge on any atom is -0.355 e. The molecule has 104 valence electrons. The zero-order chi connectivity index (χ0) is 14.1. The predicted octanol–water partition coefficient (Wildman–Crippen LogP) is 2.07. The van der Waals surface area contributed by atoms with Gasteiger partial charge in [0.15, 0.2) is 0 Å². The van der Waals surface area contributed by atoms with Crippen molar-refractivity contribution in [2.24, 2.45) is 5.73 Å². The lowest BCUT2D eigenvalue weighted by molar-refractivity contribution is -0.384. The Morgan fingerprint density at radius 1 is 1.35 bits per heavy atom. The van der Waals surface area contributed by atoms with Crippen LogP contribution >= 0.6 is 0 Å². The second-order valence-corrected chi connectivity index (χ2v) is 5.15. The number of anilines is 1. The Labute approximate surface area is 116 Å². The first-order valence-electron chi connectivity index (χ1n) is 6.69. The van der Waals surface area contributed by atoms with Crippen LogP contribution < -0.4 is 10.6 Å². The number of pyridine rings is 1. The summed E-state index contributed by atoms with van der Waals surface area (Å²) in [5.74, 6) is 0.890. The van der Waals surface area contributed by atoms with E-state index in [0.29, 0.717) is 0 Å². The monoisotopic (exact) mass is 272 g/mol. The van der Waals surface area contributed by atoms with E-state index in [9.17, 15) is 10.1 Å². The van der Waals surface area contributed by atoms with Crippen LogP contribution in [0.4, 0.5) is 11.5 Å². The summed E-state index contributed by atoms with van der Waals surface area (Å²) < 4.78 is 0. The molecule has 1 unspecified atom stereocenters. The normalized spacial score (nSPS) is 19.2. The van der Waals surface area contributed by atoms with E-state index in [0.717, 1.165) is 42.7 Å². The molecule has 1 aliphatic heterocycles. The smallest absolute Gasteiger partial charge is 0.270 e. The summed E-state index contributed by atoms with van der Waals surface area (Å²) in [6.07, 6.45) is 2.12. The summed E-state index contributed by atoms with van der Waals surface area (Å²) in [6, 6.07) is 8.71. The zero-order valence-corrected chi connectivity index (χ0v) is 11.0. The van der Waals surface area contributed by atoms with E-state index in [4.69, 9.17) is 5.73 Å². The van der Waals surface area contributed by atoms with Gasteiger partial charge in [-0.1, -0.05) is 0 Å². The lowest BCUT2D eigenvalue weighted by Gasteiger charge is -2.31. The van der Waals surface area contributed by atoms with Gasteiger partial charge >= 0.3 is 0 Å². The number of nitro groups is 1. The number of hydrogen-bond acceptors (Lipinski definition) is 5. The molecular formula is C14H16N4O2. The quantitative estimate of drug-likeness (QED) is 0.668. The fourth-order valence-electron chi connectivity index (χ4n) is 2.61. The largest absolute Gasteiger partial charge is 0.355 e. The Morgan fingerprint density at radius 2 is 2.20 bits per heavy atom. The average molecular weight is 272 g/mol. The van der Waals surface area contributed by atoms with E-state index in [1.807, 2.05) is 12.1 Å². The molecule has 2 aromatic rings. The van der Waals surface area contributed by atoms with Crippen LogP contribution in [0.3, 0.4) is 0 Å². The van der Waals surface area contributed by atoms with Crippen LogP contribution in [-0.2, 0) is 0 Å². The van der Waals surface area contributed by atoms with Crippen LogP contribution in [0.1, 0.15) is 12.8 Å². The Morgan fingerprint density at radius 3 is 2.95 bits per heavy atom. The van der Waals surface area contributed by atoms with E-state index in [-0.39, 0.29) is 11.7 Å². The molecule has 2 N–H and O–H groups in total. The van der Waals surface area contributed by atoms with Gasteiger partial charge < -0.3 is 10.6 Å². The highest BCUT2D eigenvalue weighted by atomic mass is 16.6. The summed E-state index contributed by atoms with van der Waals surface area (Å²) in [7, 11) is 0. The number of nitrogens with zero attached hydrogens (tertiary/aromatic N) is 3. The summed E-state index contributed by atoms with van der Waals surface area (Å²) >= 11 is 0. The number of nitrogens with two attached hydrogens (primary N) is 1. The highest BCUT2D eigenvalue weighted by molar-refractivity contribution is 5.82. The van der Waals surface area contributed by atoms with Crippen molar-refractivity contribution in [1.29, 1.82) is 0 Å². The number of piperidine rings is 1. The summed E-state index contributed by atoms with van der Waals surface area (Å²) in [5, 5.41) is 11.5. The fourth-order valence-corrected chi connectivity index (χ4v) is 2.61. The molecule has 1 saturated heterocycles. The molecule has 20 heavy (non-hydrogen) atoms. The molecule has 0 radical (unpaired) electrons. The average Bonchev–Trinajstić information content (AvgIpc) is 2.46. The van der Waals surface area contributed by atoms with E-state index >= 15 is 0 Å². The summed E-state index contributed by atoms with van der Waals surface area (Å²) in [5.41, 5.74) is 6.84. The Kier molecular flexibility index (Phi) is 3.23. The van der Waals surface area contributed by atoms with Crippen molar-refractivity contribution < 1.29 is 4.92 Å². The van der Waals surface area contributed by atoms with E-state index in [1.54, 1.807) is 12.1 Å². The summed E-state index contributed by atoms with van der Waals surface area (Å²) in [6.45, 7) is 1.77. The van der Waals surface area contributed by atoms with Crippen molar-refractivity contribution in [3.05, 3.63) is 40.4 Å². The molecule has 0 bridgehead atoms. The number of aromatic nitrogens is 1. The molecule has 1 aliphatic rings. The van der Waals surface area contributed by atoms with Gasteiger partial charge in [0.05, 0.1) is 10.4 Å². The number of nitro benzene ring substituents is 1. The standard InChI is InChI=1S/C14H16N4O2/c15-11-2-1-7-17(9-11)14-6-3-10-8-12(18(19)20)4-5-13(10)16-14/h3-6,8,11H,1-2,7,9,15H2. The maximum Gasteiger partial charge on any atom is 0.270 e. The molecule has 1 aromatic carbocycles. The summed E-state index contributed by atoms with van der Waals surface area (Å²) in [4.78, 5) is 17.1. The molecule has 1 fully saturated rings. The highest BCUT2D eigenvalue weighted by Gasteiger charge is 2.18. The van der Waals surface area contributed by atoms with Crippen LogP contribution in [0.15, 0.2) is 30.3 Å². The Bertz CT molecular complexity index is 659. The third kappa shape index (κ3) is 2.42. The van der Waals surface area contributed by atoms with Gasteiger partial charge in [-0.2, -0.15) is 0 Å². The van der Waals surface area contributed by atoms with Crippen LogP contribution in [0, 0.1) is 10.1 Å². The fraction of sp³-hybridized carbons (Fsp3) is 0.357. The van der Waals surface area contributed by atoms with Crippen molar-refractivity contribution in [3.63, 3.8) is 0 Å². The third-order valence-corrected chi connectivity index (χ3v) is 3.65. The molecule has 6 nitrogen and oxygen atoms in total. The molecule has 6 heteroatoms. The van der Waals surface area contributed by atoms with Crippen molar-refractivity contribution in [3.8, 4) is 0 Å². The van der Waals surface area contributed by atoms with Gasteiger partial charge in [0.2, 0.25) is 0 Å². The number of rotatable bonds is 2. The minimum atomic E-state index is -0.392. The van der Waals surface area contributed by atoms with Gasteiger partial charge in [0.25, 0.3) is 5.69 Å². The molecule has 1 atom stereocenters. The van der Waals surface area contributed by atoms with Crippen LogP contribution in [0.25, 0.3) is 10.9 Å². The first-order valence-corrected chi connectivity index (χ1v) is 6.69. The molecule has 1 aromatic heterocycles. The molecular weight excluding hydrogens is 256 g/mol. The second-order valence-electron chi connectivity index (χ2n) is 5.15. The minimum absolute atomic E-state index is 0.0899. The molecule has 0 saturated carbocycles. The Hall–Kier alpha value is -2.21. The van der Waals surface area contributed by atoms with Gasteiger partial charge in [-0.15, -0.1) is 0 Å². The predicted molar refractivity (Wildman–Crippen MR) is 77.8 cm³/mol. The first-order chi connectivity index (χ1) is 9.63. The highest BCUT2D eigenvalue weighted by Crippen LogP contribution is 2.24. The van der Waals surface area contributed by atoms with Crippen LogP contribution in [0.5, 0.6) is 0 Å². The van der Waals surface area contributed by atoms with E-state index in [2.05, 4.69) is 9.88 Å². The Balaban J connectivity index is 1.94. The van der Waals surface area contributed by atoms with Crippen LogP contribution in [-0.4, -0.2) is 29.0 Å². The number of fused-ring (bicyclic) bond motifs is 1. The molecule has 0 amide bonds. The molecule has 2 heterocycles. The molecule has 0 spiro atoms. The van der Waals surface area contributed by atoms with Crippen molar-refractivity contribution >= 4 is 22.4 Å². The topological polar surface area (TPSA) is 85.3 Å². The maximum atomic E-state index is 10.8. The van der Waals surface area contributed by atoms with Crippen LogP contribution in [0.2, 0.25) is 0 Å². The van der Waals surface area contributed by atoms with Gasteiger partial charge in [-0.25, -0.2) is 4.98 Å².